The highest BCUT2D eigenvalue weighted by atomic mass is 79.9. The third kappa shape index (κ3) is 3.06. The normalized spacial score (nSPS) is 25.1. The predicted molar refractivity (Wildman–Crippen MR) is 104 cm³/mol. The van der Waals surface area contributed by atoms with Gasteiger partial charge in [0.05, 0.1) is 0 Å². The summed E-state index contributed by atoms with van der Waals surface area (Å²) in [6.45, 7) is 11.6. The molecule has 3 rings (SSSR count). The first-order chi connectivity index (χ1) is 11.1. The van der Waals surface area contributed by atoms with Gasteiger partial charge in [0.25, 0.3) is 0 Å². The van der Waals surface area contributed by atoms with Crippen LogP contribution in [0.25, 0.3) is 0 Å². The highest BCUT2D eigenvalue weighted by Gasteiger charge is 2.41. The van der Waals surface area contributed by atoms with Crippen LogP contribution in [0.5, 0.6) is 0 Å². The Hall–Kier alpha value is -1.15. The smallest absolute Gasteiger partial charge is 0.189 e. The molecule has 0 aliphatic heterocycles. The van der Waals surface area contributed by atoms with Gasteiger partial charge in [-0.1, -0.05) is 62.2 Å². The van der Waals surface area contributed by atoms with E-state index in [1.807, 2.05) is 24.3 Å². The Bertz CT molecular complexity index is 732. The number of halogens is 1. The predicted octanol–water partition coefficient (Wildman–Crippen LogP) is 6.74. The highest BCUT2D eigenvalue weighted by molar-refractivity contribution is 9.10. The van der Waals surface area contributed by atoms with Gasteiger partial charge in [0.1, 0.15) is 0 Å². The minimum Gasteiger partial charge on any atom is -0.289 e. The van der Waals surface area contributed by atoms with Crippen LogP contribution in [0.3, 0.4) is 0 Å². The average Bonchev–Trinajstić information content (AvgIpc) is 2.52. The van der Waals surface area contributed by atoms with Gasteiger partial charge >= 0.3 is 0 Å². The summed E-state index contributed by atoms with van der Waals surface area (Å²) in [5, 5.41) is 0. The van der Waals surface area contributed by atoms with Crippen LogP contribution in [-0.4, -0.2) is 5.78 Å². The van der Waals surface area contributed by atoms with Gasteiger partial charge in [0.15, 0.2) is 5.78 Å². The van der Waals surface area contributed by atoms with Crippen molar-refractivity contribution in [2.75, 3.05) is 0 Å². The third-order valence-electron chi connectivity index (χ3n) is 5.96. The van der Waals surface area contributed by atoms with Crippen LogP contribution in [0.4, 0.5) is 0 Å². The molecule has 1 atom stereocenters. The largest absolute Gasteiger partial charge is 0.289 e. The van der Waals surface area contributed by atoms with Crippen LogP contribution in [-0.2, 0) is 0 Å². The van der Waals surface area contributed by atoms with E-state index in [0.29, 0.717) is 0 Å². The fourth-order valence-electron chi connectivity index (χ4n) is 4.12. The summed E-state index contributed by atoms with van der Waals surface area (Å²) in [7, 11) is 0. The summed E-state index contributed by atoms with van der Waals surface area (Å²) >= 11 is 3.44. The van der Waals surface area contributed by atoms with Crippen molar-refractivity contribution in [1.82, 2.24) is 0 Å². The molecule has 1 aromatic rings. The third-order valence-corrected chi connectivity index (χ3v) is 6.48. The quantitative estimate of drug-likeness (QED) is 0.514. The molecule has 2 aliphatic rings. The monoisotopic (exact) mass is 386 g/mol. The SMILES string of the molecule is CC1CC2=C(C=C1C(=O)c1ccc(Br)cc1)C(C)(C)CCC2(C)C. The van der Waals surface area contributed by atoms with E-state index in [9.17, 15) is 4.79 Å². The number of carbonyl (C=O) groups is 1. The molecule has 0 amide bonds. The van der Waals surface area contributed by atoms with E-state index in [-0.39, 0.29) is 22.5 Å². The second kappa shape index (κ2) is 5.98. The molecule has 2 heteroatoms. The van der Waals surface area contributed by atoms with E-state index in [4.69, 9.17) is 0 Å². The van der Waals surface area contributed by atoms with Crippen molar-refractivity contribution in [1.29, 1.82) is 0 Å². The van der Waals surface area contributed by atoms with Gasteiger partial charge in [-0.15, -0.1) is 0 Å². The summed E-state index contributed by atoms with van der Waals surface area (Å²) in [5.41, 5.74) is 5.16. The van der Waals surface area contributed by atoms with Gasteiger partial charge in [-0.2, -0.15) is 0 Å². The molecule has 0 spiro atoms. The Morgan fingerprint density at radius 2 is 1.62 bits per heavy atom. The number of benzene rings is 1. The Morgan fingerprint density at radius 3 is 2.25 bits per heavy atom. The average molecular weight is 387 g/mol. The zero-order chi connectivity index (χ0) is 17.7. The van der Waals surface area contributed by atoms with Gasteiger partial charge < -0.3 is 0 Å². The molecule has 1 unspecified atom stereocenters. The highest BCUT2D eigenvalue weighted by Crippen LogP contribution is 2.53. The van der Waals surface area contributed by atoms with Crippen molar-refractivity contribution in [2.45, 2.75) is 53.9 Å². The molecule has 0 aromatic heterocycles. The maximum atomic E-state index is 13.1. The molecule has 0 N–H and O–H groups in total. The van der Waals surface area contributed by atoms with Crippen LogP contribution in [0.2, 0.25) is 0 Å². The maximum absolute atomic E-state index is 13.1. The number of carbonyl (C=O) groups excluding carboxylic acids is 1. The summed E-state index contributed by atoms with van der Waals surface area (Å²) in [5.74, 6) is 0.466. The van der Waals surface area contributed by atoms with E-state index >= 15 is 0 Å². The molecule has 2 aliphatic carbocycles. The number of hydrogen-bond acceptors (Lipinski definition) is 1. The van der Waals surface area contributed by atoms with E-state index < -0.39 is 0 Å². The second-order valence-electron chi connectivity index (χ2n) is 8.70. The standard InChI is InChI=1S/C22H27BrO/c1-14-12-18-19(22(4,5)11-10-21(18,2)3)13-17(14)20(24)15-6-8-16(23)9-7-15/h6-9,13-14H,10-12H2,1-5H3. The lowest BCUT2D eigenvalue weighted by molar-refractivity contribution is 0.102. The number of ketones is 1. The molecule has 1 aromatic carbocycles. The minimum absolute atomic E-state index is 0.163. The van der Waals surface area contributed by atoms with Crippen LogP contribution < -0.4 is 0 Å². The summed E-state index contributed by atoms with van der Waals surface area (Å²) in [6, 6.07) is 7.72. The lowest BCUT2D eigenvalue weighted by Gasteiger charge is -2.46. The molecule has 0 saturated carbocycles. The van der Waals surface area contributed by atoms with Gasteiger partial charge in [-0.25, -0.2) is 0 Å². The lowest BCUT2D eigenvalue weighted by atomic mass is 9.59. The minimum atomic E-state index is 0.163. The van der Waals surface area contributed by atoms with Crippen molar-refractivity contribution in [2.24, 2.45) is 16.7 Å². The van der Waals surface area contributed by atoms with Crippen molar-refractivity contribution >= 4 is 21.7 Å². The van der Waals surface area contributed by atoms with Gasteiger partial charge in [-0.3, -0.25) is 4.79 Å². The Morgan fingerprint density at radius 1 is 1.04 bits per heavy atom. The summed E-state index contributed by atoms with van der Waals surface area (Å²) in [4.78, 5) is 13.1. The van der Waals surface area contributed by atoms with Gasteiger partial charge in [0.2, 0.25) is 0 Å². The second-order valence-corrected chi connectivity index (χ2v) is 9.62. The van der Waals surface area contributed by atoms with Crippen LogP contribution >= 0.6 is 15.9 Å². The summed E-state index contributed by atoms with van der Waals surface area (Å²) < 4.78 is 1.00. The van der Waals surface area contributed by atoms with E-state index in [0.717, 1.165) is 22.0 Å². The van der Waals surface area contributed by atoms with Crippen molar-refractivity contribution < 1.29 is 4.79 Å². The molecule has 1 nitrogen and oxygen atoms in total. The van der Waals surface area contributed by atoms with Crippen LogP contribution in [0, 0.1) is 16.7 Å². The molecular formula is C22H27BrO. The van der Waals surface area contributed by atoms with E-state index in [1.54, 1.807) is 5.57 Å². The number of hydrogen-bond donors (Lipinski definition) is 0. The van der Waals surface area contributed by atoms with Crippen molar-refractivity contribution in [3.8, 4) is 0 Å². The molecule has 0 saturated heterocycles. The Balaban J connectivity index is 2.06. The molecule has 0 bridgehead atoms. The molecule has 0 fully saturated rings. The Kier molecular flexibility index (Phi) is 4.40. The zero-order valence-corrected chi connectivity index (χ0v) is 17.0. The van der Waals surface area contributed by atoms with E-state index in [1.165, 1.54) is 18.4 Å². The fraction of sp³-hybridized carbons (Fsp3) is 0.500. The summed E-state index contributed by atoms with van der Waals surface area (Å²) in [6.07, 6.45) is 5.66. The number of rotatable bonds is 2. The first-order valence-electron chi connectivity index (χ1n) is 8.88. The van der Waals surface area contributed by atoms with Crippen LogP contribution in [0.1, 0.15) is 64.2 Å². The molecule has 128 valence electrons. The van der Waals surface area contributed by atoms with Crippen LogP contribution in [0.15, 0.2) is 51.5 Å². The lowest BCUT2D eigenvalue weighted by Crippen LogP contribution is -2.34. The van der Waals surface area contributed by atoms with Crippen molar-refractivity contribution in [3.63, 3.8) is 0 Å². The Labute approximate surface area is 154 Å². The molecular weight excluding hydrogens is 360 g/mol. The van der Waals surface area contributed by atoms with Crippen molar-refractivity contribution in [3.05, 3.63) is 57.1 Å². The fourth-order valence-corrected chi connectivity index (χ4v) is 4.39. The first kappa shape index (κ1) is 17.7. The maximum Gasteiger partial charge on any atom is 0.189 e. The molecule has 0 heterocycles. The molecule has 0 radical (unpaired) electrons. The first-order valence-corrected chi connectivity index (χ1v) is 9.67. The zero-order valence-electron chi connectivity index (χ0n) is 15.4. The topological polar surface area (TPSA) is 17.1 Å². The van der Waals surface area contributed by atoms with E-state index in [2.05, 4.69) is 56.6 Å². The number of Topliss-reactive ketones (excluding diaryl/α,β-unsaturated/α-hetero) is 1. The van der Waals surface area contributed by atoms with Gasteiger partial charge in [0, 0.05) is 15.6 Å². The van der Waals surface area contributed by atoms with Gasteiger partial charge in [-0.05, 0) is 65.8 Å². The molecule has 24 heavy (non-hydrogen) atoms. The number of allylic oxidation sites excluding steroid dienone is 4.